The molecule has 2 bridgehead atoms. The largest absolute Gasteiger partial charge is 0.443 e. The maximum atomic E-state index is 14.7. The molecule has 12 heteroatoms. The molecule has 4 fully saturated rings. The van der Waals surface area contributed by atoms with Gasteiger partial charge in [-0.3, -0.25) is 9.50 Å². The summed E-state index contributed by atoms with van der Waals surface area (Å²) < 4.78 is 27.0. The second-order valence-electron chi connectivity index (χ2n) is 9.63. The smallest absolute Gasteiger partial charge is 0.407 e. The van der Waals surface area contributed by atoms with Crippen molar-refractivity contribution in [3.05, 3.63) is 34.9 Å². The molecule has 0 aliphatic heterocycles. The first-order valence-corrected chi connectivity index (χ1v) is 11.8. The Kier molecular flexibility index (Phi) is 5.14. The van der Waals surface area contributed by atoms with Crippen molar-refractivity contribution in [3.63, 3.8) is 0 Å². The van der Waals surface area contributed by atoms with Gasteiger partial charge in [0.25, 0.3) is 0 Å². The van der Waals surface area contributed by atoms with E-state index in [1.54, 1.807) is 17.7 Å². The number of carbonyl (C=O) groups is 1. The van der Waals surface area contributed by atoms with Crippen molar-refractivity contribution in [2.45, 2.75) is 62.4 Å². The van der Waals surface area contributed by atoms with E-state index < -0.39 is 18.4 Å². The van der Waals surface area contributed by atoms with Crippen molar-refractivity contribution < 1.29 is 18.7 Å². The number of aromatic nitrogens is 5. The second kappa shape index (κ2) is 8.09. The first-order chi connectivity index (χ1) is 16.4. The fraction of sp³-hybridized carbons (Fsp3) is 0.545. The number of hydrogen-bond acceptors (Lipinski definition) is 7. The number of ether oxygens (including phenoxy) is 2. The zero-order valence-electron chi connectivity index (χ0n) is 18.6. The van der Waals surface area contributed by atoms with Gasteiger partial charge < -0.3 is 20.1 Å². The standard InChI is InChI=1S/C22H25ClFN7O3/c1-33-10-13-9-31-19(26-13)14(23)8-25-20(31)27-18-4-16(29-30-18)12-2-15(24)17(3-12)34-21(32)28-22-5-11(6-22)7-22/h4,8-9,11-12,15,17H,2-3,5-7,10H2,1H3,(H,28,32)(H2,25,27,29,30)/t11?,12-,15+,17-,22?/m0/s1. The number of methoxy groups -OCH3 is 1. The fourth-order valence-corrected chi connectivity index (χ4v) is 5.55. The fourth-order valence-electron chi connectivity index (χ4n) is 5.37. The van der Waals surface area contributed by atoms with Crippen LogP contribution >= 0.6 is 11.6 Å². The molecule has 3 aromatic heterocycles. The third kappa shape index (κ3) is 3.76. The van der Waals surface area contributed by atoms with Crippen LogP contribution in [0.3, 0.4) is 0 Å². The number of nitrogens with one attached hydrogen (secondary N) is 3. The number of amides is 1. The molecule has 3 aromatic rings. The van der Waals surface area contributed by atoms with Crippen LogP contribution in [0.4, 0.5) is 21.0 Å². The van der Waals surface area contributed by atoms with Crippen LogP contribution in [0.15, 0.2) is 18.5 Å². The van der Waals surface area contributed by atoms with E-state index in [0.717, 1.165) is 30.9 Å². The van der Waals surface area contributed by atoms with Gasteiger partial charge in [0, 0.05) is 36.5 Å². The zero-order valence-corrected chi connectivity index (χ0v) is 19.3. The molecule has 4 aliphatic carbocycles. The molecule has 3 heterocycles. The predicted octanol–water partition coefficient (Wildman–Crippen LogP) is 3.86. The molecule has 7 rings (SSSR count). The van der Waals surface area contributed by atoms with Gasteiger partial charge in [-0.2, -0.15) is 5.10 Å². The van der Waals surface area contributed by atoms with Crippen molar-refractivity contribution in [3.8, 4) is 0 Å². The van der Waals surface area contributed by atoms with Gasteiger partial charge in [0.05, 0.1) is 18.5 Å². The summed E-state index contributed by atoms with van der Waals surface area (Å²) in [5.41, 5.74) is 1.95. The van der Waals surface area contributed by atoms with E-state index in [1.807, 2.05) is 6.07 Å². The highest BCUT2D eigenvalue weighted by Gasteiger charge is 2.58. The van der Waals surface area contributed by atoms with E-state index in [-0.39, 0.29) is 17.9 Å². The summed E-state index contributed by atoms with van der Waals surface area (Å²) in [6.07, 6.45) is 4.52. The van der Waals surface area contributed by atoms with Crippen LogP contribution in [-0.4, -0.2) is 55.6 Å². The molecule has 4 saturated carbocycles. The summed E-state index contributed by atoms with van der Waals surface area (Å²) in [6.45, 7) is 0.346. The third-order valence-electron chi connectivity index (χ3n) is 7.16. The Morgan fingerprint density at radius 1 is 1.38 bits per heavy atom. The highest BCUT2D eigenvalue weighted by Crippen LogP contribution is 2.57. The Morgan fingerprint density at radius 2 is 2.21 bits per heavy atom. The molecule has 0 saturated heterocycles. The summed E-state index contributed by atoms with van der Waals surface area (Å²) in [4.78, 5) is 21.0. The Morgan fingerprint density at radius 3 is 2.94 bits per heavy atom. The number of halogens is 2. The molecular weight excluding hydrogens is 465 g/mol. The van der Waals surface area contributed by atoms with Crippen LogP contribution in [-0.2, 0) is 16.1 Å². The molecular formula is C22H25ClFN7O3. The van der Waals surface area contributed by atoms with Gasteiger partial charge in [0.2, 0.25) is 5.95 Å². The molecule has 4 aliphatic rings. The van der Waals surface area contributed by atoms with Gasteiger partial charge >= 0.3 is 6.09 Å². The Labute approximate surface area is 199 Å². The Bertz CT molecular complexity index is 1230. The average Bonchev–Trinajstić information content (AvgIpc) is 3.46. The van der Waals surface area contributed by atoms with E-state index in [0.29, 0.717) is 41.2 Å². The maximum Gasteiger partial charge on any atom is 0.407 e. The van der Waals surface area contributed by atoms with E-state index in [2.05, 4.69) is 30.8 Å². The second-order valence-corrected chi connectivity index (χ2v) is 10.0. The molecule has 0 spiro atoms. The first kappa shape index (κ1) is 21.6. The molecule has 10 nitrogen and oxygen atoms in total. The number of aromatic amines is 1. The van der Waals surface area contributed by atoms with Crippen LogP contribution in [0.25, 0.3) is 5.65 Å². The lowest BCUT2D eigenvalue weighted by Gasteiger charge is -2.61. The summed E-state index contributed by atoms with van der Waals surface area (Å²) in [6, 6.07) is 1.82. The van der Waals surface area contributed by atoms with E-state index in [9.17, 15) is 9.18 Å². The minimum atomic E-state index is -1.22. The van der Waals surface area contributed by atoms with Crippen LogP contribution in [0.1, 0.15) is 49.4 Å². The lowest BCUT2D eigenvalue weighted by molar-refractivity contribution is -0.0530. The minimum Gasteiger partial charge on any atom is -0.443 e. The van der Waals surface area contributed by atoms with Crippen molar-refractivity contribution in [1.29, 1.82) is 0 Å². The summed E-state index contributed by atoms with van der Waals surface area (Å²) in [5, 5.41) is 13.8. The molecule has 3 atom stereocenters. The highest BCUT2D eigenvalue weighted by atomic mass is 35.5. The highest BCUT2D eigenvalue weighted by molar-refractivity contribution is 6.33. The minimum absolute atomic E-state index is 0.0871. The average molecular weight is 490 g/mol. The van der Waals surface area contributed by atoms with Crippen LogP contribution in [0, 0.1) is 5.92 Å². The number of anilines is 2. The van der Waals surface area contributed by atoms with Gasteiger partial charge in [-0.1, -0.05) is 11.6 Å². The third-order valence-corrected chi connectivity index (χ3v) is 7.43. The number of alkyl carbamates (subject to hydrolysis) is 1. The van der Waals surface area contributed by atoms with E-state index >= 15 is 0 Å². The summed E-state index contributed by atoms with van der Waals surface area (Å²) >= 11 is 6.24. The molecule has 34 heavy (non-hydrogen) atoms. The van der Waals surface area contributed by atoms with Crippen LogP contribution < -0.4 is 10.6 Å². The van der Waals surface area contributed by atoms with Gasteiger partial charge in [-0.15, -0.1) is 0 Å². The van der Waals surface area contributed by atoms with Crippen molar-refractivity contribution >= 4 is 35.1 Å². The quantitative estimate of drug-likeness (QED) is 0.461. The molecule has 0 radical (unpaired) electrons. The maximum absolute atomic E-state index is 14.7. The number of fused-ring (bicyclic) bond motifs is 1. The van der Waals surface area contributed by atoms with E-state index in [4.69, 9.17) is 21.1 Å². The topological polar surface area (TPSA) is 118 Å². The van der Waals surface area contributed by atoms with Crippen molar-refractivity contribution in [1.82, 2.24) is 29.9 Å². The number of nitrogens with zero attached hydrogens (tertiary/aromatic N) is 4. The summed E-state index contributed by atoms with van der Waals surface area (Å²) in [5.74, 6) is 1.61. The molecule has 0 unspecified atom stereocenters. The number of carbonyl (C=O) groups excluding carboxylic acids is 1. The number of rotatable bonds is 7. The van der Waals surface area contributed by atoms with Crippen LogP contribution in [0.2, 0.25) is 5.02 Å². The lowest BCUT2D eigenvalue weighted by Crippen LogP contribution is -2.68. The van der Waals surface area contributed by atoms with E-state index in [1.165, 1.54) is 6.20 Å². The van der Waals surface area contributed by atoms with Crippen molar-refractivity contribution in [2.24, 2.45) is 5.92 Å². The van der Waals surface area contributed by atoms with Gasteiger partial charge in [-0.25, -0.2) is 19.2 Å². The monoisotopic (exact) mass is 489 g/mol. The van der Waals surface area contributed by atoms with Gasteiger partial charge in [-0.05, 0) is 38.0 Å². The Hall–Kier alpha value is -2.92. The molecule has 0 aromatic carbocycles. The number of alkyl halides is 1. The predicted molar refractivity (Wildman–Crippen MR) is 121 cm³/mol. The van der Waals surface area contributed by atoms with Gasteiger partial charge in [0.15, 0.2) is 11.5 Å². The molecule has 1 amide bonds. The zero-order chi connectivity index (χ0) is 23.4. The van der Waals surface area contributed by atoms with Crippen LogP contribution in [0.5, 0.6) is 0 Å². The number of imidazole rings is 1. The SMILES string of the molecule is COCc1cn2c(Nc3cc([C@H]4C[C@@H](F)[C@@H](OC(=O)NC56CC(C5)C6)C4)[nH]n3)ncc(Cl)c2n1. The number of H-pyrrole nitrogens is 1. The first-order valence-electron chi connectivity index (χ1n) is 11.4. The molecule has 180 valence electrons. The van der Waals surface area contributed by atoms with Crippen molar-refractivity contribution in [2.75, 3.05) is 12.4 Å². The van der Waals surface area contributed by atoms with Gasteiger partial charge in [0.1, 0.15) is 17.3 Å². The summed E-state index contributed by atoms with van der Waals surface area (Å²) in [7, 11) is 1.59. The Balaban J connectivity index is 1.11. The molecule has 3 N–H and O–H groups in total. The lowest BCUT2D eigenvalue weighted by atomic mass is 9.50. The normalized spacial score (nSPS) is 29.5. The number of hydrogen-bond donors (Lipinski definition) is 3.